The molecule has 1 aromatic heterocycles. The molecule has 0 radical (unpaired) electrons. The smallest absolute Gasteiger partial charge is 0.269 e. The molecule has 1 rings (SSSR count). The number of halogens is 1. The lowest BCUT2D eigenvalue weighted by molar-refractivity contribution is 0.0958. The number of nitrogens with one attached hydrogen (secondary N) is 1. The molecule has 1 amide bonds. The quantitative estimate of drug-likeness (QED) is 0.768. The van der Waals surface area contributed by atoms with Crippen molar-refractivity contribution in [1.29, 1.82) is 0 Å². The highest BCUT2D eigenvalue weighted by molar-refractivity contribution is 14.1. The molecule has 0 saturated heterocycles. The average molecular weight is 262 g/mol. The van der Waals surface area contributed by atoms with Gasteiger partial charge in [0.25, 0.3) is 5.91 Å². The predicted octanol–water partition coefficient (Wildman–Crippen LogP) is 1.05. The van der Waals surface area contributed by atoms with Crippen molar-refractivity contribution >= 4 is 28.5 Å². The zero-order valence-electron chi connectivity index (χ0n) is 5.97. The molecule has 0 spiro atoms. The monoisotopic (exact) mass is 262 g/mol. The van der Waals surface area contributed by atoms with Gasteiger partial charge in [-0.25, -0.2) is 4.98 Å². The van der Waals surface area contributed by atoms with Crippen LogP contribution in [0.15, 0.2) is 18.3 Å². The molecule has 0 aliphatic carbocycles. The largest absolute Gasteiger partial charge is 0.354 e. The maximum atomic E-state index is 10.9. The number of pyridine rings is 1. The Balaban J connectivity index is 2.90. The van der Waals surface area contributed by atoms with Gasteiger partial charge in [0.2, 0.25) is 0 Å². The topological polar surface area (TPSA) is 42.0 Å². The molecule has 3 nitrogen and oxygen atoms in total. The summed E-state index contributed by atoms with van der Waals surface area (Å²) in [6.45, 7) is 0. The summed E-state index contributed by atoms with van der Waals surface area (Å²) in [6.07, 6.45) is 1.66. The predicted molar refractivity (Wildman–Crippen MR) is 50.3 cm³/mol. The Morgan fingerprint density at radius 3 is 2.82 bits per heavy atom. The molecule has 0 aliphatic heterocycles. The summed E-state index contributed by atoms with van der Waals surface area (Å²) in [7, 11) is 1.59. The van der Waals surface area contributed by atoms with Gasteiger partial charge >= 0.3 is 0 Å². The molecular formula is C7H7IN2O. The number of aromatic nitrogens is 1. The van der Waals surface area contributed by atoms with E-state index in [9.17, 15) is 4.79 Å². The van der Waals surface area contributed by atoms with Crippen LogP contribution in [0.3, 0.4) is 0 Å². The first-order valence-electron chi connectivity index (χ1n) is 3.07. The molecule has 0 unspecified atom stereocenters. The lowest BCUT2D eigenvalue weighted by Crippen LogP contribution is -2.18. The third-order valence-corrected chi connectivity index (χ3v) is 1.83. The fraction of sp³-hybridized carbons (Fsp3) is 0.143. The minimum Gasteiger partial charge on any atom is -0.354 e. The second-order valence-corrected chi connectivity index (χ2v) is 3.19. The van der Waals surface area contributed by atoms with Crippen LogP contribution < -0.4 is 5.32 Å². The summed E-state index contributed by atoms with van der Waals surface area (Å²) in [5, 5.41) is 2.50. The molecule has 0 atom stereocenters. The van der Waals surface area contributed by atoms with E-state index in [0.717, 1.165) is 3.57 Å². The summed E-state index contributed by atoms with van der Waals surface area (Å²) in [5.74, 6) is -0.151. The Hall–Kier alpha value is -0.650. The van der Waals surface area contributed by atoms with E-state index in [1.54, 1.807) is 19.3 Å². The van der Waals surface area contributed by atoms with Crippen LogP contribution in [0.2, 0.25) is 0 Å². The number of rotatable bonds is 1. The van der Waals surface area contributed by atoms with Crippen LogP contribution in [0.5, 0.6) is 0 Å². The first kappa shape index (κ1) is 8.45. The number of carbonyl (C=O) groups excluding carboxylic acids is 1. The van der Waals surface area contributed by atoms with Gasteiger partial charge in [-0.2, -0.15) is 0 Å². The Kier molecular flexibility index (Phi) is 2.81. The third-order valence-electron chi connectivity index (χ3n) is 1.19. The van der Waals surface area contributed by atoms with E-state index in [1.807, 2.05) is 6.07 Å². The van der Waals surface area contributed by atoms with E-state index in [0.29, 0.717) is 5.69 Å². The fourth-order valence-electron chi connectivity index (χ4n) is 0.638. The van der Waals surface area contributed by atoms with E-state index < -0.39 is 0 Å². The van der Waals surface area contributed by atoms with Crippen molar-refractivity contribution in [2.24, 2.45) is 0 Å². The van der Waals surface area contributed by atoms with E-state index in [2.05, 4.69) is 32.9 Å². The standard InChI is InChI=1S/C7H7IN2O/c1-9-7(11)6-3-2-5(8)4-10-6/h2-4H,1H3,(H,9,11). The van der Waals surface area contributed by atoms with Gasteiger partial charge in [-0.3, -0.25) is 4.79 Å². The van der Waals surface area contributed by atoms with Crippen molar-refractivity contribution in [3.63, 3.8) is 0 Å². The lowest BCUT2D eigenvalue weighted by atomic mass is 10.3. The highest BCUT2D eigenvalue weighted by atomic mass is 127. The number of amides is 1. The second kappa shape index (κ2) is 3.66. The van der Waals surface area contributed by atoms with Gasteiger partial charge in [-0.05, 0) is 34.7 Å². The van der Waals surface area contributed by atoms with E-state index in [4.69, 9.17) is 0 Å². The Labute approximate surface area is 78.4 Å². The van der Waals surface area contributed by atoms with Gasteiger partial charge in [-0.15, -0.1) is 0 Å². The molecule has 1 aromatic rings. The van der Waals surface area contributed by atoms with E-state index >= 15 is 0 Å². The first-order valence-corrected chi connectivity index (χ1v) is 4.15. The molecule has 4 heteroatoms. The summed E-state index contributed by atoms with van der Waals surface area (Å²) < 4.78 is 1.02. The highest BCUT2D eigenvalue weighted by Gasteiger charge is 2.01. The van der Waals surface area contributed by atoms with Crippen LogP contribution in [-0.2, 0) is 0 Å². The van der Waals surface area contributed by atoms with E-state index in [1.165, 1.54) is 0 Å². The molecule has 58 valence electrons. The van der Waals surface area contributed by atoms with Crippen LogP contribution in [0.25, 0.3) is 0 Å². The lowest BCUT2D eigenvalue weighted by Gasteiger charge is -1.96. The molecule has 1 N–H and O–H groups in total. The van der Waals surface area contributed by atoms with Crippen LogP contribution in [-0.4, -0.2) is 17.9 Å². The van der Waals surface area contributed by atoms with Gasteiger partial charge in [0, 0.05) is 16.8 Å². The molecule has 0 aliphatic rings. The maximum Gasteiger partial charge on any atom is 0.269 e. The normalized spacial score (nSPS) is 9.27. The van der Waals surface area contributed by atoms with Crippen LogP contribution in [0, 0.1) is 3.57 Å². The van der Waals surface area contributed by atoms with Crippen molar-refractivity contribution in [3.8, 4) is 0 Å². The maximum absolute atomic E-state index is 10.9. The highest BCUT2D eigenvalue weighted by Crippen LogP contribution is 2.02. The molecule has 0 saturated carbocycles. The zero-order valence-corrected chi connectivity index (χ0v) is 8.12. The number of hydrogen-bond acceptors (Lipinski definition) is 2. The van der Waals surface area contributed by atoms with Gasteiger partial charge in [0.05, 0.1) is 0 Å². The van der Waals surface area contributed by atoms with Crippen molar-refractivity contribution in [3.05, 3.63) is 27.6 Å². The van der Waals surface area contributed by atoms with Gasteiger partial charge in [-0.1, -0.05) is 0 Å². The van der Waals surface area contributed by atoms with Crippen molar-refractivity contribution in [2.45, 2.75) is 0 Å². The van der Waals surface area contributed by atoms with Gasteiger partial charge in [0.15, 0.2) is 0 Å². The van der Waals surface area contributed by atoms with Crippen LogP contribution in [0.4, 0.5) is 0 Å². The van der Waals surface area contributed by atoms with E-state index in [-0.39, 0.29) is 5.91 Å². The SMILES string of the molecule is CNC(=O)c1ccc(I)cn1. The number of nitrogens with zero attached hydrogens (tertiary/aromatic N) is 1. The van der Waals surface area contributed by atoms with Crippen LogP contribution in [0.1, 0.15) is 10.5 Å². The van der Waals surface area contributed by atoms with Crippen molar-refractivity contribution in [2.75, 3.05) is 7.05 Å². The average Bonchev–Trinajstić information content (AvgIpc) is 2.05. The summed E-state index contributed by atoms with van der Waals surface area (Å²) in [6, 6.07) is 3.54. The Bertz CT molecular complexity index is 258. The van der Waals surface area contributed by atoms with Gasteiger partial charge in [0.1, 0.15) is 5.69 Å². The third kappa shape index (κ3) is 2.14. The Morgan fingerprint density at radius 2 is 2.36 bits per heavy atom. The van der Waals surface area contributed by atoms with Crippen molar-refractivity contribution < 1.29 is 4.79 Å². The molecule has 11 heavy (non-hydrogen) atoms. The Morgan fingerprint density at radius 1 is 1.64 bits per heavy atom. The first-order chi connectivity index (χ1) is 5.24. The number of carbonyl (C=O) groups is 1. The minimum atomic E-state index is -0.151. The summed E-state index contributed by atoms with van der Waals surface area (Å²) >= 11 is 2.14. The molecule has 0 bridgehead atoms. The minimum absolute atomic E-state index is 0.151. The number of hydrogen-bond donors (Lipinski definition) is 1. The van der Waals surface area contributed by atoms with Gasteiger partial charge < -0.3 is 5.32 Å². The fourth-order valence-corrected chi connectivity index (χ4v) is 0.957. The second-order valence-electron chi connectivity index (χ2n) is 1.94. The zero-order chi connectivity index (χ0) is 8.27. The molecular weight excluding hydrogens is 255 g/mol. The molecule has 1 heterocycles. The van der Waals surface area contributed by atoms with Crippen LogP contribution >= 0.6 is 22.6 Å². The summed E-state index contributed by atoms with van der Waals surface area (Å²) in [4.78, 5) is 14.9. The molecule has 0 fully saturated rings. The summed E-state index contributed by atoms with van der Waals surface area (Å²) in [5.41, 5.74) is 0.452. The molecule has 0 aromatic carbocycles. The van der Waals surface area contributed by atoms with Crippen molar-refractivity contribution in [1.82, 2.24) is 10.3 Å².